The first-order valence-corrected chi connectivity index (χ1v) is 9.16. The maximum atomic E-state index is 12.4. The number of fused-ring (bicyclic) bond motifs is 1. The second kappa shape index (κ2) is 7.37. The van der Waals surface area contributed by atoms with Gasteiger partial charge in [0.1, 0.15) is 0 Å². The van der Waals surface area contributed by atoms with Crippen LogP contribution in [0.2, 0.25) is 5.02 Å². The largest absolute Gasteiger partial charge is 0.478 e. The maximum absolute atomic E-state index is 12.4. The molecule has 0 bridgehead atoms. The first-order valence-electron chi connectivity index (χ1n) is 8.79. The number of rotatable bonds is 5. The molecule has 4 aromatic rings. The number of nitrogens with one attached hydrogen (secondary N) is 1. The molecule has 1 atom stereocenters. The van der Waals surface area contributed by atoms with E-state index in [1.807, 2.05) is 54.7 Å². The van der Waals surface area contributed by atoms with Crippen LogP contribution < -0.4 is 5.56 Å². The molecule has 0 saturated carbocycles. The molecule has 0 fully saturated rings. The van der Waals surface area contributed by atoms with E-state index in [-0.39, 0.29) is 23.6 Å². The minimum atomic E-state index is -1.07. The predicted octanol–water partition coefficient (Wildman–Crippen LogP) is 4.51. The zero-order chi connectivity index (χ0) is 19.7. The van der Waals surface area contributed by atoms with Crippen molar-refractivity contribution in [2.45, 2.75) is 12.5 Å². The van der Waals surface area contributed by atoms with Gasteiger partial charge in [-0.3, -0.25) is 4.79 Å². The molecule has 2 heterocycles. The minimum absolute atomic E-state index is 0.0661. The van der Waals surface area contributed by atoms with Gasteiger partial charge < -0.3 is 14.7 Å². The summed E-state index contributed by atoms with van der Waals surface area (Å²) in [5.74, 6) is -1.30. The van der Waals surface area contributed by atoms with E-state index >= 15 is 0 Å². The second-order valence-corrected chi connectivity index (χ2v) is 6.98. The van der Waals surface area contributed by atoms with E-state index in [0.717, 1.165) is 22.0 Å². The number of H-pyrrole nitrogens is 1. The summed E-state index contributed by atoms with van der Waals surface area (Å²) in [4.78, 5) is 27.0. The van der Waals surface area contributed by atoms with Crippen molar-refractivity contribution in [1.29, 1.82) is 0 Å². The number of carboxylic acids is 1. The fraction of sp³-hybridized carbons (Fsp3) is 0.0909. The van der Waals surface area contributed by atoms with Crippen LogP contribution in [0.15, 0.2) is 77.9 Å². The number of nitrogens with zero attached hydrogens (tertiary/aromatic N) is 1. The fourth-order valence-corrected chi connectivity index (χ4v) is 3.77. The number of carbonyl (C=O) groups is 1. The van der Waals surface area contributed by atoms with Crippen molar-refractivity contribution in [2.75, 3.05) is 0 Å². The highest BCUT2D eigenvalue weighted by Crippen LogP contribution is 2.35. The van der Waals surface area contributed by atoms with Crippen LogP contribution in [0, 0.1) is 0 Å². The highest BCUT2D eigenvalue weighted by atomic mass is 35.5. The van der Waals surface area contributed by atoms with Gasteiger partial charge in [0, 0.05) is 46.8 Å². The first kappa shape index (κ1) is 18.1. The van der Waals surface area contributed by atoms with Crippen LogP contribution in [-0.4, -0.2) is 20.6 Å². The van der Waals surface area contributed by atoms with Gasteiger partial charge >= 0.3 is 5.97 Å². The lowest BCUT2D eigenvalue weighted by Gasteiger charge is -2.20. The van der Waals surface area contributed by atoms with Crippen LogP contribution in [0.25, 0.3) is 10.9 Å². The summed E-state index contributed by atoms with van der Waals surface area (Å²) in [7, 11) is 0. The van der Waals surface area contributed by atoms with Crippen LogP contribution in [0.5, 0.6) is 0 Å². The Labute approximate surface area is 165 Å². The highest BCUT2D eigenvalue weighted by Gasteiger charge is 2.21. The molecule has 0 spiro atoms. The van der Waals surface area contributed by atoms with Crippen molar-refractivity contribution >= 4 is 28.5 Å². The highest BCUT2D eigenvalue weighted by molar-refractivity contribution is 6.31. The van der Waals surface area contributed by atoms with Crippen molar-refractivity contribution in [3.8, 4) is 0 Å². The third-order valence-electron chi connectivity index (χ3n) is 4.89. The molecule has 0 radical (unpaired) electrons. The van der Waals surface area contributed by atoms with E-state index in [2.05, 4.69) is 4.98 Å². The minimum Gasteiger partial charge on any atom is -0.478 e. The molecule has 6 heteroatoms. The average Bonchev–Trinajstić information content (AvgIpc) is 3.12. The molecular formula is C22H17ClN2O3. The van der Waals surface area contributed by atoms with Crippen molar-refractivity contribution in [3.05, 3.63) is 105 Å². The predicted molar refractivity (Wildman–Crippen MR) is 109 cm³/mol. The van der Waals surface area contributed by atoms with Gasteiger partial charge in [0.25, 0.3) is 5.56 Å². The van der Waals surface area contributed by atoms with Crippen LogP contribution in [0.1, 0.15) is 27.4 Å². The summed E-state index contributed by atoms with van der Waals surface area (Å²) in [5, 5.41) is 10.9. The molecule has 2 N–H and O–H groups in total. The summed E-state index contributed by atoms with van der Waals surface area (Å²) in [6.45, 7) is 0.269. The van der Waals surface area contributed by atoms with E-state index in [1.54, 1.807) is 0 Å². The molecule has 0 aliphatic carbocycles. The quantitative estimate of drug-likeness (QED) is 0.524. The van der Waals surface area contributed by atoms with Gasteiger partial charge in [-0.05, 0) is 29.3 Å². The molecular weight excluding hydrogens is 376 g/mol. The number of para-hydroxylation sites is 1. The molecule has 0 unspecified atom stereocenters. The lowest BCUT2D eigenvalue weighted by molar-refractivity contribution is 0.0695. The van der Waals surface area contributed by atoms with Crippen LogP contribution >= 0.6 is 11.6 Å². The van der Waals surface area contributed by atoms with E-state index in [1.165, 1.54) is 22.9 Å². The molecule has 5 nitrogen and oxygen atoms in total. The van der Waals surface area contributed by atoms with Gasteiger partial charge in [-0.15, -0.1) is 0 Å². The van der Waals surface area contributed by atoms with Gasteiger partial charge in [0.05, 0.1) is 5.56 Å². The standard InChI is InChI=1S/C22H17ClN2O3/c23-19-7-3-1-5-15(19)18(17-11-24-20-8-4-2-6-16(17)20)13-25-12-14(22(27)28)9-10-21(25)26/h1-12,18,24H,13H2,(H,27,28)/t18-/m0/s1. The fourth-order valence-electron chi connectivity index (χ4n) is 3.50. The number of halogens is 1. The summed E-state index contributed by atoms with van der Waals surface area (Å²) in [5.41, 5.74) is 2.66. The lowest BCUT2D eigenvalue weighted by Crippen LogP contribution is -2.24. The Balaban J connectivity index is 1.88. The molecule has 140 valence electrons. The molecule has 2 aromatic heterocycles. The number of aromatic amines is 1. The van der Waals surface area contributed by atoms with Crippen molar-refractivity contribution < 1.29 is 9.90 Å². The van der Waals surface area contributed by atoms with Crippen LogP contribution in [-0.2, 0) is 6.54 Å². The number of carboxylic acid groups (broad SMARTS) is 1. The van der Waals surface area contributed by atoms with E-state index in [9.17, 15) is 14.7 Å². The monoisotopic (exact) mass is 392 g/mol. The third-order valence-corrected chi connectivity index (χ3v) is 5.23. The van der Waals surface area contributed by atoms with Gasteiger partial charge in [0.15, 0.2) is 0 Å². The number of pyridine rings is 1. The van der Waals surface area contributed by atoms with Gasteiger partial charge in [-0.25, -0.2) is 4.79 Å². The van der Waals surface area contributed by atoms with E-state index in [0.29, 0.717) is 5.02 Å². The molecule has 0 aliphatic heterocycles. The maximum Gasteiger partial charge on any atom is 0.337 e. The molecule has 2 aromatic carbocycles. The van der Waals surface area contributed by atoms with E-state index in [4.69, 9.17) is 11.6 Å². The lowest BCUT2D eigenvalue weighted by atomic mass is 9.90. The van der Waals surface area contributed by atoms with E-state index < -0.39 is 5.97 Å². The zero-order valence-corrected chi connectivity index (χ0v) is 15.6. The number of hydrogen-bond acceptors (Lipinski definition) is 2. The van der Waals surface area contributed by atoms with Crippen molar-refractivity contribution in [3.63, 3.8) is 0 Å². The first-order chi connectivity index (χ1) is 13.5. The number of hydrogen-bond donors (Lipinski definition) is 2. The Hall–Kier alpha value is -3.31. The van der Waals surface area contributed by atoms with Crippen LogP contribution in [0.3, 0.4) is 0 Å². The molecule has 0 aliphatic rings. The average molecular weight is 393 g/mol. The number of aromatic carboxylic acids is 1. The normalized spacial score (nSPS) is 12.2. The summed E-state index contributed by atoms with van der Waals surface area (Å²) in [6, 6.07) is 18.0. The van der Waals surface area contributed by atoms with Gasteiger partial charge in [0.2, 0.25) is 0 Å². The molecule has 28 heavy (non-hydrogen) atoms. The second-order valence-electron chi connectivity index (χ2n) is 6.58. The zero-order valence-electron chi connectivity index (χ0n) is 14.8. The van der Waals surface area contributed by atoms with Crippen molar-refractivity contribution in [1.82, 2.24) is 9.55 Å². The summed E-state index contributed by atoms with van der Waals surface area (Å²) >= 11 is 6.48. The molecule has 0 amide bonds. The SMILES string of the molecule is O=C(O)c1ccc(=O)n(C[C@@H](c2ccccc2Cl)c2c[nH]c3ccccc23)c1. The van der Waals surface area contributed by atoms with Gasteiger partial charge in [-0.2, -0.15) is 0 Å². The Morgan fingerprint density at radius 3 is 2.57 bits per heavy atom. The Kier molecular flexibility index (Phi) is 4.75. The number of benzene rings is 2. The van der Waals surface area contributed by atoms with Gasteiger partial charge in [-0.1, -0.05) is 48.0 Å². The number of aromatic nitrogens is 2. The smallest absolute Gasteiger partial charge is 0.337 e. The third kappa shape index (κ3) is 3.32. The summed E-state index contributed by atoms with van der Waals surface area (Å²) < 4.78 is 1.43. The summed E-state index contributed by atoms with van der Waals surface area (Å²) in [6.07, 6.45) is 3.30. The topological polar surface area (TPSA) is 75.1 Å². The van der Waals surface area contributed by atoms with Crippen LogP contribution in [0.4, 0.5) is 0 Å². The Morgan fingerprint density at radius 2 is 1.79 bits per heavy atom. The Morgan fingerprint density at radius 1 is 1.04 bits per heavy atom. The molecule has 0 saturated heterocycles. The molecule has 4 rings (SSSR count). The Bertz CT molecular complexity index is 1230. The van der Waals surface area contributed by atoms with Crippen molar-refractivity contribution in [2.24, 2.45) is 0 Å².